The van der Waals surface area contributed by atoms with Crippen molar-refractivity contribution in [2.75, 3.05) is 26.2 Å². The molecule has 2 aromatic rings. The highest BCUT2D eigenvalue weighted by Crippen LogP contribution is 2.31. The van der Waals surface area contributed by atoms with E-state index < -0.39 is 5.60 Å². The van der Waals surface area contributed by atoms with Crippen LogP contribution in [0.1, 0.15) is 67.0 Å². The van der Waals surface area contributed by atoms with Crippen molar-refractivity contribution in [1.82, 2.24) is 20.1 Å². The molecule has 1 N–H and O–H groups in total. The molecule has 0 spiro atoms. The van der Waals surface area contributed by atoms with Crippen LogP contribution in [-0.2, 0) is 11.3 Å². The molecule has 2 aliphatic rings. The van der Waals surface area contributed by atoms with Crippen LogP contribution in [0, 0.1) is 0 Å². The van der Waals surface area contributed by atoms with Gasteiger partial charge >= 0.3 is 6.09 Å². The Balaban J connectivity index is 1.24. The van der Waals surface area contributed by atoms with Gasteiger partial charge in [0, 0.05) is 50.1 Å². The lowest BCUT2D eigenvalue weighted by Crippen LogP contribution is -2.41. The minimum Gasteiger partial charge on any atom is -0.444 e. The van der Waals surface area contributed by atoms with Gasteiger partial charge in [-0.05, 0) is 45.6 Å². The van der Waals surface area contributed by atoms with E-state index in [2.05, 4.69) is 39.5 Å². The molecule has 1 aromatic carbocycles. The number of hydrogen-bond acceptors (Lipinski definition) is 6. The minimum absolute atomic E-state index is 0.0877. The third-order valence-electron chi connectivity index (χ3n) is 6.11. The second-order valence-electron chi connectivity index (χ2n) is 9.99. The van der Waals surface area contributed by atoms with Gasteiger partial charge in [0.05, 0.1) is 5.01 Å². The van der Waals surface area contributed by atoms with Crippen LogP contribution in [0.3, 0.4) is 0 Å². The predicted molar refractivity (Wildman–Crippen MR) is 129 cm³/mol. The molecule has 33 heavy (non-hydrogen) atoms. The topological polar surface area (TPSA) is 74.8 Å². The van der Waals surface area contributed by atoms with E-state index in [4.69, 9.17) is 4.74 Å². The summed E-state index contributed by atoms with van der Waals surface area (Å²) in [6.45, 7) is 9.71. The molecule has 2 saturated heterocycles. The average Bonchev–Trinajstić information content (AvgIpc) is 3.43. The number of hydrogen-bond donors (Lipinski definition) is 1. The second kappa shape index (κ2) is 10.2. The zero-order chi connectivity index (χ0) is 23.4. The van der Waals surface area contributed by atoms with Crippen molar-refractivity contribution >= 4 is 23.3 Å². The largest absolute Gasteiger partial charge is 0.444 e. The first-order chi connectivity index (χ1) is 15.8. The van der Waals surface area contributed by atoms with Crippen molar-refractivity contribution < 1.29 is 14.3 Å². The summed E-state index contributed by atoms with van der Waals surface area (Å²) >= 11 is 1.55. The van der Waals surface area contributed by atoms with Crippen LogP contribution in [-0.4, -0.2) is 64.6 Å². The van der Waals surface area contributed by atoms with Crippen LogP contribution in [0.25, 0.3) is 0 Å². The number of ether oxygens (including phenoxy) is 1. The first-order valence-electron chi connectivity index (χ1n) is 11.8. The first-order valence-corrected chi connectivity index (χ1v) is 12.7. The SMILES string of the molecule is CC(C)(C)OC(=O)N1CCC(c2nc(C(=O)NC3CCN(Cc4ccccc4)C3)cs2)CC1. The molecule has 3 heterocycles. The van der Waals surface area contributed by atoms with Gasteiger partial charge in [-0.2, -0.15) is 0 Å². The minimum atomic E-state index is -0.483. The van der Waals surface area contributed by atoms with Crippen LogP contribution in [0.15, 0.2) is 35.7 Å². The molecular formula is C25H34N4O3S. The van der Waals surface area contributed by atoms with E-state index in [1.54, 1.807) is 16.2 Å². The molecule has 7 nitrogen and oxygen atoms in total. The molecule has 0 radical (unpaired) electrons. The zero-order valence-electron chi connectivity index (χ0n) is 19.8. The van der Waals surface area contributed by atoms with Crippen LogP contribution in [0.5, 0.6) is 0 Å². The number of likely N-dealkylation sites (tertiary alicyclic amines) is 2. The Morgan fingerprint density at radius 1 is 1.12 bits per heavy atom. The molecular weight excluding hydrogens is 436 g/mol. The van der Waals surface area contributed by atoms with Crippen molar-refractivity contribution in [2.24, 2.45) is 0 Å². The number of benzene rings is 1. The molecule has 4 rings (SSSR count). The maximum absolute atomic E-state index is 12.8. The Kier molecular flexibility index (Phi) is 7.34. The van der Waals surface area contributed by atoms with Gasteiger partial charge in [0.2, 0.25) is 0 Å². The zero-order valence-corrected chi connectivity index (χ0v) is 20.6. The second-order valence-corrected chi connectivity index (χ2v) is 10.9. The number of carbonyl (C=O) groups is 2. The predicted octanol–water partition coefficient (Wildman–Crippen LogP) is 4.26. The van der Waals surface area contributed by atoms with E-state index in [0.29, 0.717) is 18.8 Å². The van der Waals surface area contributed by atoms with Crippen LogP contribution in [0.4, 0.5) is 4.79 Å². The van der Waals surface area contributed by atoms with Gasteiger partial charge < -0.3 is 15.0 Å². The molecule has 178 valence electrons. The monoisotopic (exact) mass is 470 g/mol. The van der Waals surface area contributed by atoms with Gasteiger partial charge in [-0.15, -0.1) is 11.3 Å². The number of nitrogens with one attached hydrogen (secondary N) is 1. The van der Waals surface area contributed by atoms with E-state index in [9.17, 15) is 9.59 Å². The summed E-state index contributed by atoms with van der Waals surface area (Å²) in [7, 11) is 0. The molecule has 0 bridgehead atoms. The lowest BCUT2D eigenvalue weighted by atomic mass is 9.98. The molecule has 2 aliphatic heterocycles. The van der Waals surface area contributed by atoms with Crippen molar-refractivity contribution in [3.63, 3.8) is 0 Å². The van der Waals surface area contributed by atoms with Gasteiger partial charge in [-0.25, -0.2) is 9.78 Å². The van der Waals surface area contributed by atoms with E-state index in [-0.39, 0.29) is 24.0 Å². The fraction of sp³-hybridized carbons (Fsp3) is 0.560. The fourth-order valence-electron chi connectivity index (χ4n) is 4.41. The van der Waals surface area contributed by atoms with E-state index in [1.807, 2.05) is 32.2 Å². The number of piperidine rings is 1. The summed E-state index contributed by atoms with van der Waals surface area (Å²) < 4.78 is 5.48. The maximum atomic E-state index is 12.8. The number of aromatic nitrogens is 1. The van der Waals surface area contributed by atoms with Crippen molar-refractivity contribution in [1.29, 1.82) is 0 Å². The summed E-state index contributed by atoms with van der Waals surface area (Å²) in [6.07, 6.45) is 2.38. The van der Waals surface area contributed by atoms with Gasteiger partial charge in [0.15, 0.2) is 0 Å². The lowest BCUT2D eigenvalue weighted by molar-refractivity contribution is 0.0204. The van der Waals surface area contributed by atoms with Gasteiger partial charge in [0.1, 0.15) is 11.3 Å². The van der Waals surface area contributed by atoms with Crippen LogP contribution >= 0.6 is 11.3 Å². The molecule has 8 heteroatoms. The Morgan fingerprint density at radius 3 is 2.55 bits per heavy atom. The number of amides is 2. The van der Waals surface area contributed by atoms with Crippen molar-refractivity contribution in [2.45, 2.75) is 64.1 Å². The summed E-state index contributed by atoms with van der Waals surface area (Å²) in [5, 5.41) is 6.01. The number of nitrogens with zero attached hydrogens (tertiary/aromatic N) is 3. The summed E-state index contributed by atoms with van der Waals surface area (Å²) in [6, 6.07) is 10.6. The van der Waals surface area contributed by atoms with Gasteiger partial charge in [-0.3, -0.25) is 9.69 Å². The average molecular weight is 471 g/mol. The Hall–Kier alpha value is -2.45. The van der Waals surface area contributed by atoms with E-state index in [1.165, 1.54) is 5.56 Å². The number of thiazole rings is 1. The van der Waals surface area contributed by atoms with E-state index >= 15 is 0 Å². The first kappa shape index (κ1) is 23.7. The maximum Gasteiger partial charge on any atom is 0.410 e. The number of carbonyl (C=O) groups excluding carboxylic acids is 2. The smallest absolute Gasteiger partial charge is 0.410 e. The molecule has 0 aliphatic carbocycles. The van der Waals surface area contributed by atoms with Gasteiger partial charge in [-0.1, -0.05) is 30.3 Å². The molecule has 2 amide bonds. The molecule has 1 atom stereocenters. The third-order valence-corrected chi connectivity index (χ3v) is 7.11. The summed E-state index contributed by atoms with van der Waals surface area (Å²) in [5.74, 6) is 0.193. The van der Waals surface area contributed by atoms with Crippen molar-refractivity contribution in [3.05, 3.63) is 52.0 Å². The highest BCUT2D eigenvalue weighted by atomic mass is 32.1. The molecule has 1 aromatic heterocycles. The Bertz CT molecular complexity index is 948. The normalized spacial score (nSPS) is 20.1. The summed E-state index contributed by atoms with van der Waals surface area (Å²) in [4.78, 5) is 33.9. The van der Waals surface area contributed by atoms with Gasteiger partial charge in [0.25, 0.3) is 5.91 Å². The Morgan fingerprint density at radius 2 is 1.85 bits per heavy atom. The summed E-state index contributed by atoms with van der Waals surface area (Å²) in [5.41, 5.74) is 1.32. The Labute approximate surface area is 200 Å². The molecule has 2 fully saturated rings. The fourth-order valence-corrected chi connectivity index (χ4v) is 5.38. The highest BCUT2D eigenvalue weighted by molar-refractivity contribution is 7.09. The number of rotatable bonds is 5. The highest BCUT2D eigenvalue weighted by Gasteiger charge is 2.30. The standard InChI is InChI=1S/C25H34N4O3S/c1-25(2,3)32-24(31)29-13-9-19(10-14-29)23-27-21(17-33-23)22(30)26-20-11-12-28(16-20)15-18-7-5-4-6-8-18/h4-8,17,19-20H,9-16H2,1-3H3,(H,26,30). The third kappa shape index (κ3) is 6.54. The molecule has 0 saturated carbocycles. The van der Waals surface area contributed by atoms with E-state index in [0.717, 1.165) is 43.9 Å². The quantitative estimate of drug-likeness (QED) is 0.707. The van der Waals surface area contributed by atoms with Crippen LogP contribution in [0.2, 0.25) is 0 Å². The van der Waals surface area contributed by atoms with Crippen LogP contribution < -0.4 is 5.32 Å². The van der Waals surface area contributed by atoms with Crippen molar-refractivity contribution in [3.8, 4) is 0 Å². The molecule has 1 unspecified atom stereocenters. The lowest BCUT2D eigenvalue weighted by Gasteiger charge is -2.32.